The maximum atomic E-state index is 6.05. The van der Waals surface area contributed by atoms with E-state index in [2.05, 4.69) is 11.9 Å². The van der Waals surface area contributed by atoms with Crippen molar-refractivity contribution in [2.75, 3.05) is 13.7 Å². The zero-order valence-corrected chi connectivity index (χ0v) is 10.0. The first-order chi connectivity index (χ1) is 7.15. The van der Waals surface area contributed by atoms with Crippen LogP contribution in [0.4, 0.5) is 0 Å². The minimum atomic E-state index is 0.552. The van der Waals surface area contributed by atoms with E-state index >= 15 is 0 Å². The molecule has 0 fully saturated rings. The van der Waals surface area contributed by atoms with E-state index in [0.29, 0.717) is 23.1 Å². The summed E-state index contributed by atoms with van der Waals surface area (Å²) in [7, 11) is 1.62. The van der Waals surface area contributed by atoms with Crippen LogP contribution in [0.15, 0.2) is 29.8 Å². The Morgan fingerprint density at radius 3 is 2.87 bits per heavy atom. The molecule has 0 saturated carbocycles. The third-order valence-corrected chi connectivity index (χ3v) is 2.40. The molecule has 15 heavy (non-hydrogen) atoms. The van der Waals surface area contributed by atoms with Gasteiger partial charge in [-0.05, 0) is 12.1 Å². The van der Waals surface area contributed by atoms with Crippen molar-refractivity contribution >= 4 is 23.2 Å². The molecule has 0 unspecified atom stereocenters. The lowest BCUT2D eigenvalue weighted by molar-refractivity contribution is 0.408. The highest BCUT2D eigenvalue weighted by molar-refractivity contribution is 6.31. The Balaban J connectivity index is 2.70. The quantitative estimate of drug-likeness (QED) is 0.861. The molecule has 0 radical (unpaired) electrons. The number of nitrogens with one attached hydrogen (secondary N) is 1. The van der Waals surface area contributed by atoms with Gasteiger partial charge in [-0.25, -0.2) is 0 Å². The van der Waals surface area contributed by atoms with E-state index < -0.39 is 0 Å². The molecular weight excluding hydrogens is 233 g/mol. The summed E-state index contributed by atoms with van der Waals surface area (Å²) < 4.78 is 5.20. The molecule has 4 heteroatoms. The summed E-state index contributed by atoms with van der Waals surface area (Å²) in [4.78, 5) is 0. The van der Waals surface area contributed by atoms with Crippen LogP contribution in [0, 0.1) is 0 Å². The van der Waals surface area contributed by atoms with Gasteiger partial charge < -0.3 is 10.1 Å². The molecule has 0 saturated heterocycles. The number of methoxy groups -OCH3 is 1. The first-order valence-corrected chi connectivity index (χ1v) is 5.26. The Morgan fingerprint density at radius 2 is 2.27 bits per heavy atom. The average Bonchev–Trinajstić information content (AvgIpc) is 2.20. The number of rotatable bonds is 5. The van der Waals surface area contributed by atoms with Crippen LogP contribution in [-0.4, -0.2) is 13.7 Å². The molecule has 0 aliphatic carbocycles. The van der Waals surface area contributed by atoms with Crippen LogP contribution in [0.3, 0.4) is 0 Å². The van der Waals surface area contributed by atoms with Crippen LogP contribution in [0.5, 0.6) is 5.75 Å². The molecule has 0 atom stereocenters. The summed E-state index contributed by atoms with van der Waals surface area (Å²) in [5.41, 5.74) is 0.930. The van der Waals surface area contributed by atoms with Crippen LogP contribution >= 0.6 is 23.2 Å². The fourth-order valence-electron chi connectivity index (χ4n) is 1.22. The minimum Gasteiger partial charge on any atom is -0.496 e. The second-order valence-corrected chi connectivity index (χ2v) is 3.98. The van der Waals surface area contributed by atoms with Crippen molar-refractivity contribution in [1.29, 1.82) is 0 Å². The smallest absolute Gasteiger partial charge is 0.124 e. The molecule has 2 nitrogen and oxygen atoms in total. The highest BCUT2D eigenvalue weighted by Gasteiger charge is 2.06. The van der Waals surface area contributed by atoms with Gasteiger partial charge in [-0.15, -0.1) is 0 Å². The number of halogens is 2. The molecule has 0 spiro atoms. The summed E-state index contributed by atoms with van der Waals surface area (Å²) in [5.74, 6) is 0.773. The summed E-state index contributed by atoms with van der Waals surface area (Å²) in [6, 6.07) is 5.56. The summed E-state index contributed by atoms with van der Waals surface area (Å²) >= 11 is 11.7. The molecule has 1 aromatic carbocycles. The lowest BCUT2D eigenvalue weighted by Gasteiger charge is -2.10. The Labute approximate surface area is 99.8 Å². The van der Waals surface area contributed by atoms with Gasteiger partial charge in [0.05, 0.1) is 7.11 Å². The largest absolute Gasteiger partial charge is 0.496 e. The Hall–Kier alpha value is -0.700. The molecule has 0 amide bonds. The van der Waals surface area contributed by atoms with Crippen molar-refractivity contribution in [3.8, 4) is 5.75 Å². The average molecular weight is 246 g/mol. The van der Waals surface area contributed by atoms with Crippen molar-refractivity contribution in [2.24, 2.45) is 0 Å². The first-order valence-electron chi connectivity index (χ1n) is 4.50. The van der Waals surface area contributed by atoms with E-state index in [4.69, 9.17) is 27.9 Å². The molecule has 1 rings (SSSR count). The number of benzene rings is 1. The normalized spacial score (nSPS) is 10.1. The van der Waals surface area contributed by atoms with Gasteiger partial charge in [0.15, 0.2) is 0 Å². The van der Waals surface area contributed by atoms with E-state index in [1.807, 2.05) is 18.2 Å². The van der Waals surface area contributed by atoms with Crippen LogP contribution in [0.2, 0.25) is 5.02 Å². The van der Waals surface area contributed by atoms with Crippen LogP contribution < -0.4 is 10.1 Å². The van der Waals surface area contributed by atoms with Gasteiger partial charge in [-0.1, -0.05) is 35.8 Å². The van der Waals surface area contributed by atoms with Gasteiger partial charge in [0, 0.05) is 28.7 Å². The van der Waals surface area contributed by atoms with Crippen LogP contribution in [0.1, 0.15) is 5.56 Å². The predicted octanol–water partition coefficient (Wildman–Crippen LogP) is 3.19. The van der Waals surface area contributed by atoms with E-state index in [1.165, 1.54) is 0 Å². The first kappa shape index (κ1) is 12.4. The third kappa shape index (κ3) is 3.74. The van der Waals surface area contributed by atoms with Gasteiger partial charge in [0.2, 0.25) is 0 Å². The highest BCUT2D eigenvalue weighted by atomic mass is 35.5. The number of hydrogen-bond donors (Lipinski definition) is 1. The zero-order valence-electron chi connectivity index (χ0n) is 8.52. The topological polar surface area (TPSA) is 21.3 Å². The van der Waals surface area contributed by atoms with Gasteiger partial charge in [-0.2, -0.15) is 0 Å². The third-order valence-electron chi connectivity index (χ3n) is 1.91. The molecule has 0 bridgehead atoms. The van der Waals surface area contributed by atoms with E-state index in [-0.39, 0.29) is 0 Å². The van der Waals surface area contributed by atoms with Crippen LogP contribution in [0.25, 0.3) is 0 Å². The van der Waals surface area contributed by atoms with E-state index in [1.54, 1.807) is 7.11 Å². The van der Waals surface area contributed by atoms with Crippen molar-refractivity contribution in [3.63, 3.8) is 0 Å². The number of hydrogen-bond acceptors (Lipinski definition) is 2. The van der Waals surface area contributed by atoms with Gasteiger partial charge in [0.25, 0.3) is 0 Å². The standard InChI is InChI=1S/C11H13Cl2NO/c1-8(12)6-14-7-9-10(13)4-3-5-11(9)15-2/h3-5,14H,1,6-7H2,2H3. The Bertz CT molecular complexity index is 352. The summed E-state index contributed by atoms with van der Waals surface area (Å²) in [5, 5.41) is 4.37. The Morgan fingerprint density at radius 1 is 1.53 bits per heavy atom. The second kappa shape index (κ2) is 6.01. The molecule has 0 aliphatic heterocycles. The molecule has 1 aromatic rings. The van der Waals surface area contributed by atoms with Crippen molar-refractivity contribution in [1.82, 2.24) is 5.32 Å². The molecule has 0 aromatic heterocycles. The SMILES string of the molecule is C=C(Cl)CNCc1c(Cl)cccc1OC. The second-order valence-electron chi connectivity index (χ2n) is 3.04. The maximum Gasteiger partial charge on any atom is 0.124 e. The molecular formula is C11H13Cl2NO. The monoisotopic (exact) mass is 245 g/mol. The van der Waals surface area contributed by atoms with E-state index in [0.717, 1.165) is 11.3 Å². The van der Waals surface area contributed by atoms with Gasteiger partial charge in [0.1, 0.15) is 5.75 Å². The number of ether oxygens (including phenoxy) is 1. The minimum absolute atomic E-state index is 0.552. The van der Waals surface area contributed by atoms with E-state index in [9.17, 15) is 0 Å². The fraction of sp³-hybridized carbons (Fsp3) is 0.273. The lowest BCUT2D eigenvalue weighted by atomic mass is 10.2. The van der Waals surface area contributed by atoms with Gasteiger partial charge in [-0.3, -0.25) is 0 Å². The highest BCUT2D eigenvalue weighted by Crippen LogP contribution is 2.25. The van der Waals surface area contributed by atoms with Crippen molar-refractivity contribution in [2.45, 2.75) is 6.54 Å². The molecule has 1 N–H and O–H groups in total. The summed E-state index contributed by atoms with van der Waals surface area (Å²) in [6.07, 6.45) is 0. The molecule has 0 aliphatic rings. The molecule has 0 heterocycles. The lowest BCUT2D eigenvalue weighted by Crippen LogP contribution is -2.15. The van der Waals surface area contributed by atoms with Crippen molar-refractivity contribution in [3.05, 3.63) is 40.4 Å². The maximum absolute atomic E-state index is 6.05. The fourth-order valence-corrected chi connectivity index (χ4v) is 1.55. The summed E-state index contributed by atoms with van der Waals surface area (Å²) in [6.45, 7) is 4.75. The van der Waals surface area contributed by atoms with Gasteiger partial charge >= 0.3 is 0 Å². The van der Waals surface area contributed by atoms with Crippen molar-refractivity contribution < 1.29 is 4.74 Å². The molecule has 82 valence electrons. The zero-order chi connectivity index (χ0) is 11.3. The van der Waals surface area contributed by atoms with Crippen LogP contribution in [-0.2, 0) is 6.54 Å². The Kier molecular flexibility index (Phi) is 4.95. The predicted molar refractivity (Wildman–Crippen MR) is 64.7 cm³/mol.